The SMILES string of the molecule is COc1ccc2[nH]cc(CCNC(=O)C3CC(=O)N(c4n[nH]c5cccc(F)c45)C3)c2c1. The molecule has 3 N–H and O–H groups in total. The lowest BCUT2D eigenvalue weighted by atomic mass is 10.1. The second-order valence-electron chi connectivity index (χ2n) is 7.88. The van der Waals surface area contributed by atoms with Crippen molar-refractivity contribution in [2.45, 2.75) is 12.8 Å². The van der Waals surface area contributed by atoms with Gasteiger partial charge in [0.05, 0.1) is 23.9 Å². The maximum atomic E-state index is 14.3. The summed E-state index contributed by atoms with van der Waals surface area (Å²) < 4.78 is 19.6. The molecule has 0 radical (unpaired) electrons. The molecule has 8 nitrogen and oxygen atoms in total. The van der Waals surface area contributed by atoms with Crippen LogP contribution in [-0.4, -0.2) is 47.2 Å². The molecule has 2 aromatic carbocycles. The maximum absolute atomic E-state index is 14.3. The molecule has 164 valence electrons. The van der Waals surface area contributed by atoms with Crippen LogP contribution in [0.15, 0.2) is 42.6 Å². The predicted molar refractivity (Wildman–Crippen MR) is 118 cm³/mol. The van der Waals surface area contributed by atoms with Gasteiger partial charge >= 0.3 is 0 Å². The van der Waals surface area contributed by atoms with Crippen molar-refractivity contribution in [1.29, 1.82) is 0 Å². The first-order valence-electron chi connectivity index (χ1n) is 10.4. The van der Waals surface area contributed by atoms with E-state index >= 15 is 0 Å². The minimum Gasteiger partial charge on any atom is -0.497 e. The van der Waals surface area contributed by atoms with E-state index in [4.69, 9.17) is 4.74 Å². The fraction of sp³-hybridized carbons (Fsp3) is 0.261. The third-order valence-corrected chi connectivity index (χ3v) is 5.94. The van der Waals surface area contributed by atoms with Gasteiger partial charge in [0.15, 0.2) is 5.82 Å². The lowest BCUT2D eigenvalue weighted by Gasteiger charge is -2.14. The van der Waals surface area contributed by atoms with Crippen LogP contribution in [0.1, 0.15) is 12.0 Å². The molecule has 1 aliphatic rings. The van der Waals surface area contributed by atoms with Crippen LogP contribution in [0, 0.1) is 11.7 Å². The molecule has 0 aliphatic carbocycles. The van der Waals surface area contributed by atoms with Gasteiger partial charge in [0, 0.05) is 36.6 Å². The van der Waals surface area contributed by atoms with Crippen LogP contribution in [0.2, 0.25) is 0 Å². The van der Waals surface area contributed by atoms with Crippen molar-refractivity contribution in [3.05, 3.63) is 54.0 Å². The normalized spacial score (nSPS) is 16.2. The molecule has 32 heavy (non-hydrogen) atoms. The Balaban J connectivity index is 1.24. The van der Waals surface area contributed by atoms with Crippen LogP contribution in [0.5, 0.6) is 5.75 Å². The van der Waals surface area contributed by atoms with Gasteiger partial charge in [0.1, 0.15) is 11.6 Å². The summed E-state index contributed by atoms with van der Waals surface area (Å²) in [6.07, 6.45) is 2.63. The maximum Gasteiger partial charge on any atom is 0.229 e. The van der Waals surface area contributed by atoms with Crippen molar-refractivity contribution in [2.24, 2.45) is 5.92 Å². The van der Waals surface area contributed by atoms with Crippen molar-refractivity contribution in [3.8, 4) is 5.75 Å². The molecule has 1 saturated heterocycles. The number of anilines is 1. The van der Waals surface area contributed by atoms with E-state index in [0.717, 1.165) is 22.2 Å². The molecular formula is C23H22FN5O3. The van der Waals surface area contributed by atoms with Gasteiger partial charge in [-0.25, -0.2) is 4.39 Å². The Kier molecular flexibility index (Phi) is 5.01. The monoisotopic (exact) mass is 435 g/mol. The number of nitrogens with one attached hydrogen (secondary N) is 3. The molecule has 1 atom stereocenters. The van der Waals surface area contributed by atoms with Crippen LogP contribution in [-0.2, 0) is 16.0 Å². The summed E-state index contributed by atoms with van der Waals surface area (Å²) in [7, 11) is 1.63. The lowest BCUT2D eigenvalue weighted by Crippen LogP contribution is -2.34. The molecule has 0 bridgehead atoms. The molecule has 2 aromatic heterocycles. The van der Waals surface area contributed by atoms with Crippen molar-refractivity contribution in [3.63, 3.8) is 0 Å². The van der Waals surface area contributed by atoms with Gasteiger partial charge in [-0.15, -0.1) is 0 Å². The summed E-state index contributed by atoms with van der Waals surface area (Å²) in [4.78, 5) is 29.9. The van der Waals surface area contributed by atoms with Gasteiger partial charge in [-0.3, -0.25) is 19.6 Å². The Morgan fingerprint density at radius 2 is 2.19 bits per heavy atom. The van der Waals surface area contributed by atoms with E-state index in [0.29, 0.717) is 18.5 Å². The van der Waals surface area contributed by atoms with Crippen molar-refractivity contribution in [1.82, 2.24) is 20.5 Å². The fourth-order valence-electron chi connectivity index (χ4n) is 4.25. The highest BCUT2D eigenvalue weighted by molar-refractivity contribution is 6.05. The zero-order valence-electron chi connectivity index (χ0n) is 17.4. The number of nitrogens with zero attached hydrogens (tertiary/aromatic N) is 2. The average molecular weight is 435 g/mol. The van der Waals surface area contributed by atoms with E-state index in [9.17, 15) is 14.0 Å². The Bertz CT molecular complexity index is 1330. The number of ether oxygens (including phenoxy) is 1. The van der Waals surface area contributed by atoms with Crippen molar-refractivity contribution in [2.75, 3.05) is 25.1 Å². The second kappa shape index (κ2) is 7.99. The van der Waals surface area contributed by atoms with Crippen molar-refractivity contribution >= 4 is 39.4 Å². The quantitative estimate of drug-likeness (QED) is 0.433. The second-order valence-corrected chi connectivity index (χ2v) is 7.88. The van der Waals surface area contributed by atoms with Gasteiger partial charge in [-0.2, -0.15) is 5.10 Å². The minimum absolute atomic E-state index is 0.0684. The van der Waals surface area contributed by atoms with Crippen LogP contribution >= 0.6 is 0 Å². The number of methoxy groups -OCH3 is 1. The van der Waals surface area contributed by atoms with Crippen LogP contribution in [0.4, 0.5) is 10.2 Å². The first-order chi connectivity index (χ1) is 15.5. The number of halogens is 1. The molecule has 4 aromatic rings. The summed E-state index contributed by atoms with van der Waals surface area (Å²) in [6.45, 7) is 0.608. The number of carbonyl (C=O) groups excluding carboxylic acids is 2. The molecule has 1 fully saturated rings. The summed E-state index contributed by atoms with van der Waals surface area (Å²) in [5.41, 5.74) is 2.58. The van der Waals surface area contributed by atoms with E-state index in [1.165, 1.54) is 11.0 Å². The van der Waals surface area contributed by atoms with E-state index in [1.807, 2.05) is 24.4 Å². The highest BCUT2D eigenvalue weighted by Gasteiger charge is 2.37. The third-order valence-electron chi connectivity index (χ3n) is 5.94. The molecule has 5 rings (SSSR count). The van der Waals surface area contributed by atoms with E-state index < -0.39 is 11.7 Å². The number of rotatable bonds is 6. The average Bonchev–Trinajstić information content (AvgIpc) is 3.50. The zero-order chi connectivity index (χ0) is 22.2. The topological polar surface area (TPSA) is 103 Å². The van der Waals surface area contributed by atoms with Crippen LogP contribution in [0.3, 0.4) is 0 Å². The number of benzene rings is 2. The van der Waals surface area contributed by atoms with E-state index in [1.54, 1.807) is 19.2 Å². The lowest BCUT2D eigenvalue weighted by molar-refractivity contribution is -0.126. The molecule has 2 amide bonds. The number of hydrogen-bond donors (Lipinski definition) is 3. The standard InChI is InChI=1S/C23H22FN5O3/c1-32-15-5-6-18-16(10-15)13(11-26-18)7-8-25-23(31)14-9-20(30)29(12-14)22-21-17(24)3-2-4-19(21)27-28-22/h2-6,10-11,14,26H,7-9,12H2,1H3,(H,25,31)(H,27,28). The molecule has 0 saturated carbocycles. The molecule has 1 unspecified atom stereocenters. The first kappa shape index (κ1) is 20.0. The van der Waals surface area contributed by atoms with Gasteiger partial charge in [0.25, 0.3) is 0 Å². The number of carbonyl (C=O) groups is 2. The zero-order valence-corrected chi connectivity index (χ0v) is 17.4. The smallest absolute Gasteiger partial charge is 0.229 e. The van der Waals surface area contributed by atoms with E-state index in [2.05, 4.69) is 20.5 Å². The van der Waals surface area contributed by atoms with Crippen LogP contribution in [0.25, 0.3) is 21.8 Å². The largest absolute Gasteiger partial charge is 0.497 e. The van der Waals surface area contributed by atoms with Gasteiger partial charge in [0.2, 0.25) is 11.8 Å². The third kappa shape index (κ3) is 3.45. The van der Waals surface area contributed by atoms with Gasteiger partial charge in [-0.1, -0.05) is 6.07 Å². The molecule has 0 spiro atoms. The summed E-state index contributed by atoms with van der Waals surface area (Å²) >= 11 is 0. The molecule has 3 heterocycles. The Morgan fingerprint density at radius 3 is 3.03 bits per heavy atom. The molecular weight excluding hydrogens is 413 g/mol. The number of amides is 2. The van der Waals surface area contributed by atoms with Crippen LogP contribution < -0.4 is 15.0 Å². The number of aromatic nitrogens is 3. The number of fused-ring (bicyclic) bond motifs is 2. The highest BCUT2D eigenvalue weighted by atomic mass is 19.1. The highest BCUT2D eigenvalue weighted by Crippen LogP contribution is 2.31. The first-order valence-corrected chi connectivity index (χ1v) is 10.4. The summed E-state index contributed by atoms with van der Waals surface area (Å²) in [5.74, 6) is -0.407. The minimum atomic E-state index is -0.510. The van der Waals surface area contributed by atoms with E-state index in [-0.39, 0.29) is 36.0 Å². The molecule has 9 heteroatoms. The van der Waals surface area contributed by atoms with Crippen molar-refractivity contribution < 1.29 is 18.7 Å². The summed E-state index contributed by atoms with van der Waals surface area (Å²) in [5, 5.41) is 11.1. The Morgan fingerprint density at radius 1 is 1.31 bits per heavy atom. The van der Waals surface area contributed by atoms with Gasteiger partial charge in [-0.05, 0) is 42.3 Å². The van der Waals surface area contributed by atoms with Gasteiger partial charge < -0.3 is 15.0 Å². The summed E-state index contributed by atoms with van der Waals surface area (Å²) in [6, 6.07) is 10.4. The molecule has 1 aliphatic heterocycles. The number of aromatic amines is 2. The number of H-pyrrole nitrogens is 2. The fourth-order valence-corrected chi connectivity index (χ4v) is 4.25. The Hall–Kier alpha value is -3.88. The predicted octanol–water partition coefficient (Wildman–Crippen LogP) is 2.90. The number of hydrogen-bond acceptors (Lipinski definition) is 4. The Labute approximate surface area is 182 Å².